The van der Waals surface area contributed by atoms with Crippen molar-refractivity contribution in [3.8, 4) is 0 Å². The molecule has 0 aliphatic rings. The second-order valence-corrected chi connectivity index (χ2v) is 6.19. The lowest BCUT2D eigenvalue weighted by Gasteiger charge is -2.31. The predicted molar refractivity (Wildman–Crippen MR) is 78.1 cm³/mol. The van der Waals surface area contributed by atoms with E-state index < -0.39 is 6.10 Å². The highest BCUT2D eigenvalue weighted by Gasteiger charge is 2.29. The Bertz CT molecular complexity index is 502. The zero-order valence-electron chi connectivity index (χ0n) is 11.3. The van der Waals surface area contributed by atoms with Gasteiger partial charge in [-0.2, -0.15) is 11.3 Å². The summed E-state index contributed by atoms with van der Waals surface area (Å²) in [5.41, 5.74) is 1.86. The molecule has 1 aromatic carbocycles. The van der Waals surface area contributed by atoms with Crippen LogP contribution >= 0.6 is 11.3 Å². The number of thiophene rings is 1. The Kier molecular flexibility index (Phi) is 4.38. The molecule has 0 aliphatic heterocycles. The maximum atomic E-state index is 12.9. The van der Waals surface area contributed by atoms with E-state index in [2.05, 4.69) is 11.4 Å². The molecule has 1 aromatic heterocycles. The SMILES string of the molecule is CC(C)(c1ccc(F)cc1)C(O)CCc1ccsc1. The van der Waals surface area contributed by atoms with Gasteiger partial charge < -0.3 is 5.11 Å². The van der Waals surface area contributed by atoms with Crippen LogP contribution < -0.4 is 0 Å². The van der Waals surface area contributed by atoms with Gasteiger partial charge in [0.05, 0.1) is 6.10 Å². The van der Waals surface area contributed by atoms with Gasteiger partial charge in [0, 0.05) is 5.41 Å². The van der Waals surface area contributed by atoms with Crippen LogP contribution in [0.3, 0.4) is 0 Å². The van der Waals surface area contributed by atoms with E-state index in [1.54, 1.807) is 23.5 Å². The predicted octanol–water partition coefficient (Wildman–Crippen LogP) is 4.16. The summed E-state index contributed by atoms with van der Waals surface area (Å²) in [7, 11) is 0. The molecule has 1 heterocycles. The van der Waals surface area contributed by atoms with Gasteiger partial charge in [-0.3, -0.25) is 0 Å². The van der Waals surface area contributed by atoms with Gasteiger partial charge in [0.25, 0.3) is 0 Å². The average molecular weight is 278 g/mol. The third kappa shape index (κ3) is 3.43. The molecule has 0 amide bonds. The van der Waals surface area contributed by atoms with Crippen molar-refractivity contribution >= 4 is 11.3 Å². The highest BCUT2D eigenvalue weighted by Crippen LogP contribution is 2.29. The summed E-state index contributed by atoms with van der Waals surface area (Å²) in [6.45, 7) is 4.00. The fraction of sp³-hybridized carbons (Fsp3) is 0.375. The first-order valence-corrected chi connectivity index (χ1v) is 7.39. The van der Waals surface area contributed by atoms with E-state index in [4.69, 9.17) is 0 Å². The van der Waals surface area contributed by atoms with Crippen molar-refractivity contribution in [1.29, 1.82) is 0 Å². The summed E-state index contributed by atoms with van der Waals surface area (Å²) in [5, 5.41) is 14.6. The van der Waals surface area contributed by atoms with Crippen molar-refractivity contribution < 1.29 is 9.50 Å². The van der Waals surface area contributed by atoms with Crippen LogP contribution in [0.25, 0.3) is 0 Å². The zero-order valence-corrected chi connectivity index (χ0v) is 12.1. The minimum Gasteiger partial charge on any atom is -0.392 e. The van der Waals surface area contributed by atoms with Crippen LogP contribution in [0, 0.1) is 5.82 Å². The van der Waals surface area contributed by atoms with E-state index in [9.17, 15) is 9.50 Å². The van der Waals surface area contributed by atoms with Crippen molar-refractivity contribution in [1.82, 2.24) is 0 Å². The standard InChI is InChI=1S/C16H19FOS/c1-16(2,13-4-6-14(17)7-5-13)15(18)8-3-12-9-10-19-11-12/h4-7,9-11,15,18H,3,8H2,1-2H3. The second-order valence-electron chi connectivity index (χ2n) is 5.41. The Labute approximate surface area is 117 Å². The molecule has 0 radical (unpaired) electrons. The van der Waals surface area contributed by atoms with Crippen LogP contribution in [0.2, 0.25) is 0 Å². The van der Waals surface area contributed by atoms with Crippen molar-refractivity contribution in [2.45, 2.75) is 38.2 Å². The summed E-state index contributed by atoms with van der Waals surface area (Å²) in [4.78, 5) is 0. The normalized spacial score (nSPS) is 13.5. The summed E-state index contributed by atoms with van der Waals surface area (Å²) in [6.07, 6.45) is 1.13. The second kappa shape index (κ2) is 5.85. The van der Waals surface area contributed by atoms with E-state index in [-0.39, 0.29) is 11.2 Å². The van der Waals surface area contributed by atoms with Crippen LogP contribution in [-0.2, 0) is 11.8 Å². The first-order valence-electron chi connectivity index (χ1n) is 6.45. The molecule has 3 heteroatoms. The van der Waals surface area contributed by atoms with Crippen molar-refractivity contribution in [2.75, 3.05) is 0 Å². The highest BCUT2D eigenvalue weighted by molar-refractivity contribution is 7.07. The maximum Gasteiger partial charge on any atom is 0.123 e. The lowest BCUT2D eigenvalue weighted by Crippen LogP contribution is -2.34. The van der Waals surface area contributed by atoms with Gasteiger partial charge >= 0.3 is 0 Å². The average Bonchev–Trinajstić information content (AvgIpc) is 2.89. The Morgan fingerprint density at radius 2 is 1.89 bits per heavy atom. The van der Waals surface area contributed by atoms with E-state index >= 15 is 0 Å². The Morgan fingerprint density at radius 3 is 2.47 bits per heavy atom. The molecule has 1 nitrogen and oxygen atoms in total. The Balaban J connectivity index is 2.03. The van der Waals surface area contributed by atoms with Gasteiger partial charge in [-0.15, -0.1) is 0 Å². The molecule has 2 rings (SSSR count). The molecule has 0 fully saturated rings. The molecule has 0 aliphatic carbocycles. The van der Waals surface area contributed by atoms with Gasteiger partial charge in [-0.25, -0.2) is 4.39 Å². The number of hydrogen-bond donors (Lipinski definition) is 1. The molecule has 0 saturated carbocycles. The molecular formula is C16H19FOS. The molecule has 1 N–H and O–H groups in total. The lowest BCUT2D eigenvalue weighted by atomic mass is 9.77. The monoisotopic (exact) mass is 278 g/mol. The minimum absolute atomic E-state index is 0.243. The number of rotatable bonds is 5. The fourth-order valence-electron chi connectivity index (χ4n) is 2.17. The number of benzene rings is 1. The quantitative estimate of drug-likeness (QED) is 0.870. The Hall–Kier alpha value is -1.19. The molecular weight excluding hydrogens is 259 g/mol. The van der Waals surface area contributed by atoms with E-state index in [0.717, 1.165) is 12.0 Å². The number of aliphatic hydroxyl groups excluding tert-OH is 1. The summed E-state index contributed by atoms with van der Waals surface area (Å²) < 4.78 is 12.9. The molecule has 102 valence electrons. The zero-order chi connectivity index (χ0) is 13.9. The van der Waals surface area contributed by atoms with Crippen molar-refractivity contribution in [3.63, 3.8) is 0 Å². The van der Waals surface area contributed by atoms with Gasteiger partial charge in [-0.1, -0.05) is 26.0 Å². The first-order chi connectivity index (χ1) is 9.00. The molecule has 19 heavy (non-hydrogen) atoms. The molecule has 1 unspecified atom stereocenters. The molecule has 0 bridgehead atoms. The lowest BCUT2D eigenvalue weighted by molar-refractivity contribution is 0.0915. The number of hydrogen-bond acceptors (Lipinski definition) is 2. The van der Waals surface area contributed by atoms with E-state index in [1.165, 1.54) is 17.7 Å². The highest BCUT2D eigenvalue weighted by atomic mass is 32.1. The number of aryl methyl sites for hydroxylation is 1. The fourth-order valence-corrected chi connectivity index (χ4v) is 2.87. The van der Waals surface area contributed by atoms with Crippen molar-refractivity contribution in [3.05, 3.63) is 58.0 Å². The van der Waals surface area contributed by atoms with Crippen LogP contribution in [0.5, 0.6) is 0 Å². The van der Waals surface area contributed by atoms with Crippen LogP contribution in [0.4, 0.5) is 4.39 Å². The molecule has 0 spiro atoms. The van der Waals surface area contributed by atoms with E-state index in [1.807, 2.05) is 19.2 Å². The van der Waals surface area contributed by atoms with Gasteiger partial charge in [0.2, 0.25) is 0 Å². The van der Waals surface area contributed by atoms with Crippen LogP contribution in [0.15, 0.2) is 41.1 Å². The van der Waals surface area contributed by atoms with E-state index in [0.29, 0.717) is 6.42 Å². The topological polar surface area (TPSA) is 20.2 Å². The van der Waals surface area contributed by atoms with Gasteiger partial charge in [0.1, 0.15) is 5.82 Å². The maximum absolute atomic E-state index is 12.9. The summed E-state index contributed by atoms with van der Waals surface area (Å²) in [5.74, 6) is -0.243. The molecule has 0 saturated heterocycles. The third-order valence-corrected chi connectivity index (χ3v) is 4.44. The smallest absolute Gasteiger partial charge is 0.123 e. The molecule has 2 aromatic rings. The van der Waals surface area contributed by atoms with Gasteiger partial charge in [0.15, 0.2) is 0 Å². The first kappa shape index (κ1) is 14.2. The van der Waals surface area contributed by atoms with Crippen LogP contribution in [-0.4, -0.2) is 11.2 Å². The molecule has 1 atom stereocenters. The summed E-state index contributed by atoms with van der Waals surface area (Å²) >= 11 is 1.67. The van der Waals surface area contributed by atoms with Crippen LogP contribution in [0.1, 0.15) is 31.4 Å². The van der Waals surface area contributed by atoms with Gasteiger partial charge in [-0.05, 0) is 52.9 Å². The third-order valence-electron chi connectivity index (χ3n) is 3.71. The van der Waals surface area contributed by atoms with Crippen molar-refractivity contribution in [2.24, 2.45) is 0 Å². The number of aliphatic hydroxyl groups is 1. The summed E-state index contributed by atoms with van der Waals surface area (Å²) in [6, 6.07) is 8.49. The number of halogens is 1. The Morgan fingerprint density at radius 1 is 1.21 bits per heavy atom. The minimum atomic E-state index is -0.446. The largest absolute Gasteiger partial charge is 0.392 e.